The lowest BCUT2D eigenvalue weighted by Gasteiger charge is -2.31. The maximum Gasteiger partial charge on any atom is 0.209 e. The van der Waals surface area contributed by atoms with E-state index >= 15 is 0 Å². The number of amides is 1. The van der Waals surface area contributed by atoms with Crippen LogP contribution in [-0.2, 0) is 4.79 Å². The molecule has 1 aromatic rings. The molecular weight excluding hydrogens is 276 g/mol. The summed E-state index contributed by atoms with van der Waals surface area (Å²) in [5.74, 6) is 0.854. The lowest BCUT2D eigenvalue weighted by Crippen LogP contribution is -2.44. The molecule has 4 heteroatoms. The Hall–Kier alpha value is -1.55. The van der Waals surface area contributed by atoms with Crippen LogP contribution >= 0.6 is 0 Å². The molecule has 1 fully saturated rings. The predicted octanol–water partition coefficient (Wildman–Crippen LogP) is 3.88. The topological polar surface area (TPSA) is 41.6 Å². The summed E-state index contributed by atoms with van der Waals surface area (Å²) in [6, 6.07) is 8.17. The lowest BCUT2D eigenvalue weighted by atomic mass is 10.0. The number of rotatable bonds is 3. The van der Waals surface area contributed by atoms with Crippen molar-refractivity contribution in [3.63, 3.8) is 0 Å². The SMILES string of the molecule is CC.CC.CC.COc1ccc(C2CN(C=O)CCN2)cc1. The second-order valence-corrected chi connectivity index (χ2v) is 3.88. The van der Waals surface area contributed by atoms with E-state index in [2.05, 4.69) is 5.32 Å². The molecule has 1 heterocycles. The van der Waals surface area contributed by atoms with Gasteiger partial charge in [-0.3, -0.25) is 4.79 Å². The molecule has 4 nitrogen and oxygen atoms in total. The molecule has 0 radical (unpaired) electrons. The van der Waals surface area contributed by atoms with Crippen molar-refractivity contribution in [2.24, 2.45) is 0 Å². The Morgan fingerprint density at radius 3 is 2.09 bits per heavy atom. The minimum absolute atomic E-state index is 0.227. The average molecular weight is 310 g/mol. The van der Waals surface area contributed by atoms with Crippen molar-refractivity contribution in [1.82, 2.24) is 10.2 Å². The summed E-state index contributed by atoms with van der Waals surface area (Å²) >= 11 is 0. The van der Waals surface area contributed by atoms with Crippen molar-refractivity contribution in [2.75, 3.05) is 26.7 Å². The van der Waals surface area contributed by atoms with Gasteiger partial charge in [0.25, 0.3) is 0 Å². The van der Waals surface area contributed by atoms with Crippen molar-refractivity contribution in [3.05, 3.63) is 29.8 Å². The molecule has 0 spiro atoms. The van der Waals surface area contributed by atoms with Gasteiger partial charge in [-0.1, -0.05) is 53.7 Å². The van der Waals surface area contributed by atoms with E-state index in [0.29, 0.717) is 0 Å². The lowest BCUT2D eigenvalue weighted by molar-refractivity contribution is -0.119. The fourth-order valence-electron chi connectivity index (χ4n) is 1.93. The van der Waals surface area contributed by atoms with Crippen LogP contribution in [0.15, 0.2) is 24.3 Å². The van der Waals surface area contributed by atoms with Crippen LogP contribution in [0.25, 0.3) is 0 Å². The second kappa shape index (κ2) is 15.8. The zero-order chi connectivity index (χ0) is 17.4. The second-order valence-electron chi connectivity index (χ2n) is 3.88. The molecule has 1 aliphatic rings. The number of nitrogens with one attached hydrogen (secondary N) is 1. The van der Waals surface area contributed by atoms with Crippen LogP contribution in [0, 0.1) is 0 Å². The fourth-order valence-corrected chi connectivity index (χ4v) is 1.93. The van der Waals surface area contributed by atoms with Gasteiger partial charge >= 0.3 is 0 Å². The molecule has 1 amide bonds. The van der Waals surface area contributed by atoms with Crippen molar-refractivity contribution in [1.29, 1.82) is 0 Å². The molecule has 0 bridgehead atoms. The van der Waals surface area contributed by atoms with Crippen LogP contribution in [0.1, 0.15) is 53.1 Å². The summed E-state index contributed by atoms with van der Waals surface area (Å²) < 4.78 is 5.11. The Bertz CT molecular complexity index is 353. The monoisotopic (exact) mass is 310 g/mol. The predicted molar refractivity (Wildman–Crippen MR) is 95.4 cm³/mol. The van der Waals surface area contributed by atoms with E-state index in [1.54, 1.807) is 12.0 Å². The molecule has 1 saturated heterocycles. The number of benzene rings is 1. The van der Waals surface area contributed by atoms with Gasteiger partial charge in [0.05, 0.1) is 7.11 Å². The van der Waals surface area contributed by atoms with Crippen molar-refractivity contribution < 1.29 is 9.53 Å². The third-order valence-corrected chi connectivity index (χ3v) is 2.87. The summed E-state index contributed by atoms with van der Waals surface area (Å²) in [6.07, 6.45) is 0.914. The molecule has 0 aromatic heterocycles. The van der Waals surface area contributed by atoms with Crippen molar-refractivity contribution in [2.45, 2.75) is 47.6 Å². The molecule has 1 aromatic carbocycles. The van der Waals surface area contributed by atoms with Gasteiger partial charge in [0.2, 0.25) is 6.41 Å². The third-order valence-electron chi connectivity index (χ3n) is 2.87. The standard InChI is InChI=1S/C12H16N2O2.3C2H6/c1-16-11-4-2-10(3-5-11)12-8-14(9-15)7-6-13-12;3*1-2/h2-5,9,12-13H,6-8H2,1H3;3*1-2H3. The van der Waals surface area contributed by atoms with E-state index < -0.39 is 0 Å². The number of piperazine rings is 1. The van der Waals surface area contributed by atoms with Crippen LogP contribution in [0.5, 0.6) is 5.75 Å². The fraction of sp³-hybridized carbons (Fsp3) is 0.611. The van der Waals surface area contributed by atoms with Crippen LogP contribution < -0.4 is 10.1 Å². The van der Waals surface area contributed by atoms with Gasteiger partial charge in [0.15, 0.2) is 0 Å². The first-order chi connectivity index (χ1) is 10.8. The van der Waals surface area contributed by atoms with E-state index in [4.69, 9.17) is 4.74 Å². The average Bonchev–Trinajstić information content (AvgIpc) is 2.66. The molecule has 22 heavy (non-hydrogen) atoms. The largest absolute Gasteiger partial charge is 0.497 e. The van der Waals surface area contributed by atoms with Gasteiger partial charge in [-0.2, -0.15) is 0 Å². The number of carbonyl (C=O) groups excluding carboxylic acids is 1. The Morgan fingerprint density at radius 2 is 1.64 bits per heavy atom. The van der Waals surface area contributed by atoms with E-state index in [1.807, 2.05) is 65.8 Å². The number of carbonyl (C=O) groups is 1. The molecule has 1 aliphatic heterocycles. The summed E-state index contributed by atoms with van der Waals surface area (Å²) in [4.78, 5) is 12.5. The van der Waals surface area contributed by atoms with Crippen LogP contribution in [0.3, 0.4) is 0 Å². The highest BCUT2D eigenvalue weighted by molar-refractivity contribution is 5.47. The highest BCUT2D eigenvalue weighted by Gasteiger charge is 2.19. The van der Waals surface area contributed by atoms with Crippen molar-refractivity contribution in [3.8, 4) is 5.75 Å². The van der Waals surface area contributed by atoms with E-state index in [1.165, 1.54) is 5.56 Å². The van der Waals surface area contributed by atoms with Gasteiger partial charge in [0, 0.05) is 25.7 Å². The Kier molecular flexibility index (Phi) is 16.4. The first-order valence-corrected chi connectivity index (χ1v) is 8.40. The zero-order valence-electron chi connectivity index (χ0n) is 15.3. The Morgan fingerprint density at radius 1 is 1.09 bits per heavy atom. The van der Waals surface area contributed by atoms with Crippen LogP contribution in [0.4, 0.5) is 0 Å². The van der Waals surface area contributed by atoms with E-state index in [0.717, 1.165) is 31.8 Å². The maximum absolute atomic E-state index is 10.7. The number of nitrogens with zero attached hydrogens (tertiary/aromatic N) is 1. The Balaban J connectivity index is 0. The number of methoxy groups -OCH3 is 1. The van der Waals surface area contributed by atoms with Crippen molar-refractivity contribution >= 4 is 6.41 Å². The minimum Gasteiger partial charge on any atom is -0.497 e. The number of hydrogen-bond donors (Lipinski definition) is 1. The van der Waals surface area contributed by atoms with E-state index in [-0.39, 0.29) is 6.04 Å². The van der Waals surface area contributed by atoms with Crippen LogP contribution in [0.2, 0.25) is 0 Å². The molecule has 0 aliphatic carbocycles. The normalized spacial score (nSPS) is 15.8. The smallest absolute Gasteiger partial charge is 0.209 e. The molecular formula is C18H34N2O2. The highest BCUT2D eigenvalue weighted by Crippen LogP contribution is 2.19. The number of hydrogen-bond acceptors (Lipinski definition) is 3. The van der Waals surface area contributed by atoms with Gasteiger partial charge in [-0.05, 0) is 17.7 Å². The molecule has 1 N–H and O–H groups in total. The van der Waals surface area contributed by atoms with Gasteiger partial charge in [-0.25, -0.2) is 0 Å². The summed E-state index contributed by atoms with van der Waals surface area (Å²) in [5, 5.41) is 3.40. The molecule has 0 saturated carbocycles. The molecule has 128 valence electrons. The zero-order valence-corrected chi connectivity index (χ0v) is 15.3. The van der Waals surface area contributed by atoms with Gasteiger partial charge in [-0.15, -0.1) is 0 Å². The van der Waals surface area contributed by atoms with Crippen LogP contribution in [-0.4, -0.2) is 38.1 Å². The summed E-state index contributed by atoms with van der Waals surface area (Å²) in [7, 11) is 1.65. The molecule has 1 atom stereocenters. The third kappa shape index (κ3) is 8.03. The van der Waals surface area contributed by atoms with E-state index in [9.17, 15) is 4.79 Å². The molecule has 2 rings (SSSR count). The van der Waals surface area contributed by atoms with Gasteiger partial charge < -0.3 is 15.0 Å². The number of ether oxygens (including phenoxy) is 1. The first-order valence-electron chi connectivity index (χ1n) is 8.40. The quantitative estimate of drug-likeness (QED) is 0.862. The summed E-state index contributed by atoms with van der Waals surface area (Å²) in [6.45, 7) is 14.4. The summed E-state index contributed by atoms with van der Waals surface area (Å²) in [5.41, 5.74) is 1.19. The molecule has 1 unspecified atom stereocenters. The highest BCUT2D eigenvalue weighted by atomic mass is 16.5. The van der Waals surface area contributed by atoms with Gasteiger partial charge in [0.1, 0.15) is 5.75 Å². The Labute approximate surface area is 136 Å². The maximum atomic E-state index is 10.7. The first kappa shape index (κ1) is 22.7. The minimum atomic E-state index is 0.227.